The first kappa shape index (κ1) is 16.9. The van der Waals surface area contributed by atoms with E-state index in [0.29, 0.717) is 19.5 Å². The van der Waals surface area contributed by atoms with Gasteiger partial charge in [-0.3, -0.25) is 4.79 Å². The van der Waals surface area contributed by atoms with Gasteiger partial charge >= 0.3 is 0 Å². The van der Waals surface area contributed by atoms with Crippen molar-refractivity contribution in [1.29, 1.82) is 0 Å². The Labute approximate surface area is 152 Å². The minimum atomic E-state index is -0.472. The number of halogens is 1. The average Bonchev–Trinajstić information content (AvgIpc) is 2.67. The van der Waals surface area contributed by atoms with Gasteiger partial charge in [-0.1, -0.05) is 12.1 Å². The molecule has 0 aliphatic carbocycles. The van der Waals surface area contributed by atoms with Crippen LogP contribution in [0.2, 0.25) is 0 Å². The lowest BCUT2D eigenvalue weighted by Gasteiger charge is -2.34. The highest BCUT2D eigenvalue weighted by atomic mass is 19.1. The van der Waals surface area contributed by atoms with Crippen LogP contribution in [0.4, 0.5) is 10.2 Å². The maximum absolute atomic E-state index is 14.0. The van der Waals surface area contributed by atoms with Gasteiger partial charge in [0, 0.05) is 31.6 Å². The fourth-order valence-electron chi connectivity index (χ4n) is 3.86. The Hall–Kier alpha value is -2.50. The normalized spacial score (nSPS) is 17.2. The van der Waals surface area contributed by atoms with E-state index >= 15 is 0 Å². The van der Waals surface area contributed by atoms with Gasteiger partial charge in [0.15, 0.2) is 0 Å². The lowest BCUT2D eigenvalue weighted by atomic mass is 10.0. The zero-order valence-electron chi connectivity index (χ0n) is 15.0. The number of amides is 1. The topological polar surface area (TPSA) is 49.3 Å². The Morgan fingerprint density at radius 1 is 1.08 bits per heavy atom. The Morgan fingerprint density at radius 3 is 2.62 bits per heavy atom. The SMILES string of the molecule is Cc1nc2c(c(N3CCCCC3)n1)CN(C(=O)c1ccccc1F)CC2. The van der Waals surface area contributed by atoms with Gasteiger partial charge in [-0.2, -0.15) is 0 Å². The van der Waals surface area contributed by atoms with Crippen molar-refractivity contribution in [2.45, 2.75) is 39.2 Å². The number of carbonyl (C=O) groups excluding carboxylic acids is 1. The molecule has 0 spiro atoms. The number of piperidine rings is 1. The van der Waals surface area contributed by atoms with E-state index in [1.807, 2.05) is 6.92 Å². The van der Waals surface area contributed by atoms with Crippen LogP contribution in [0.1, 0.15) is 46.7 Å². The lowest BCUT2D eigenvalue weighted by Crippen LogP contribution is -2.39. The van der Waals surface area contributed by atoms with Gasteiger partial charge in [0.2, 0.25) is 0 Å². The summed E-state index contributed by atoms with van der Waals surface area (Å²) in [5, 5.41) is 0. The van der Waals surface area contributed by atoms with Crippen LogP contribution in [0, 0.1) is 12.7 Å². The summed E-state index contributed by atoms with van der Waals surface area (Å²) >= 11 is 0. The number of carbonyl (C=O) groups is 1. The van der Waals surface area contributed by atoms with Crippen molar-refractivity contribution in [3.8, 4) is 0 Å². The second-order valence-corrected chi connectivity index (χ2v) is 7.02. The minimum Gasteiger partial charge on any atom is -0.356 e. The van der Waals surface area contributed by atoms with Gasteiger partial charge < -0.3 is 9.80 Å². The molecule has 0 saturated carbocycles. The summed E-state index contributed by atoms with van der Waals surface area (Å²) in [7, 11) is 0. The molecule has 0 bridgehead atoms. The van der Waals surface area contributed by atoms with Crippen LogP contribution in [0.3, 0.4) is 0 Å². The van der Waals surface area contributed by atoms with Crippen LogP contribution in [0.25, 0.3) is 0 Å². The fourth-order valence-corrected chi connectivity index (χ4v) is 3.86. The van der Waals surface area contributed by atoms with Crippen LogP contribution >= 0.6 is 0 Å². The van der Waals surface area contributed by atoms with Crippen LogP contribution in [-0.2, 0) is 13.0 Å². The van der Waals surface area contributed by atoms with E-state index in [1.165, 1.54) is 12.5 Å². The molecule has 5 nitrogen and oxygen atoms in total. The number of aromatic nitrogens is 2. The van der Waals surface area contributed by atoms with Crippen molar-refractivity contribution < 1.29 is 9.18 Å². The van der Waals surface area contributed by atoms with E-state index < -0.39 is 5.82 Å². The standard InChI is InChI=1S/C20H23FN4O/c1-14-22-18-9-12-25(20(26)15-7-3-4-8-17(15)21)13-16(18)19(23-14)24-10-5-2-6-11-24/h3-4,7-8H,2,5-6,9-13H2,1H3. The molecule has 0 unspecified atom stereocenters. The third kappa shape index (κ3) is 3.16. The van der Waals surface area contributed by atoms with Gasteiger partial charge in [-0.15, -0.1) is 0 Å². The Bertz CT molecular complexity index is 833. The molecule has 6 heteroatoms. The Balaban J connectivity index is 1.65. The van der Waals surface area contributed by atoms with E-state index in [9.17, 15) is 9.18 Å². The van der Waals surface area contributed by atoms with Gasteiger partial charge in [-0.05, 0) is 38.3 Å². The molecule has 3 heterocycles. The summed E-state index contributed by atoms with van der Waals surface area (Å²) < 4.78 is 14.0. The summed E-state index contributed by atoms with van der Waals surface area (Å²) in [6, 6.07) is 6.17. The van der Waals surface area contributed by atoms with Gasteiger partial charge in [0.1, 0.15) is 17.5 Å². The van der Waals surface area contributed by atoms with Gasteiger partial charge in [0.25, 0.3) is 5.91 Å². The molecule has 2 aromatic rings. The molecule has 0 N–H and O–H groups in total. The van der Waals surface area contributed by atoms with Gasteiger partial charge in [0.05, 0.1) is 17.8 Å². The molecule has 1 saturated heterocycles. The number of rotatable bonds is 2. The summed E-state index contributed by atoms with van der Waals surface area (Å²) in [5.74, 6) is 0.995. The molecule has 4 rings (SSSR count). The van der Waals surface area contributed by atoms with Crippen LogP contribution < -0.4 is 4.90 Å². The van der Waals surface area contributed by atoms with E-state index in [-0.39, 0.29) is 11.5 Å². The first-order chi connectivity index (χ1) is 12.6. The highest BCUT2D eigenvalue weighted by Crippen LogP contribution is 2.29. The summed E-state index contributed by atoms with van der Waals surface area (Å²) in [6.45, 7) is 4.89. The summed E-state index contributed by atoms with van der Waals surface area (Å²) in [5.41, 5.74) is 2.17. The van der Waals surface area contributed by atoms with Crippen LogP contribution in [0.5, 0.6) is 0 Å². The molecule has 1 aromatic heterocycles. The van der Waals surface area contributed by atoms with Crippen molar-refractivity contribution in [3.05, 3.63) is 52.7 Å². The van der Waals surface area contributed by atoms with Crippen LogP contribution in [0.15, 0.2) is 24.3 Å². The lowest BCUT2D eigenvalue weighted by molar-refractivity contribution is 0.0728. The fraction of sp³-hybridized carbons (Fsp3) is 0.450. The summed E-state index contributed by atoms with van der Waals surface area (Å²) in [4.78, 5) is 26.1. The molecule has 0 atom stereocenters. The van der Waals surface area contributed by atoms with E-state index in [0.717, 1.165) is 48.8 Å². The molecular weight excluding hydrogens is 331 g/mol. The molecule has 26 heavy (non-hydrogen) atoms. The van der Waals surface area contributed by atoms with Gasteiger partial charge in [-0.25, -0.2) is 14.4 Å². The van der Waals surface area contributed by atoms with E-state index in [4.69, 9.17) is 4.98 Å². The van der Waals surface area contributed by atoms with Crippen molar-refractivity contribution in [2.24, 2.45) is 0 Å². The molecule has 1 amide bonds. The Morgan fingerprint density at radius 2 is 1.85 bits per heavy atom. The van der Waals surface area contributed by atoms with E-state index in [1.54, 1.807) is 23.1 Å². The molecule has 2 aliphatic rings. The smallest absolute Gasteiger partial charge is 0.257 e. The Kier molecular flexibility index (Phi) is 4.57. The molecule has 2 aliphatic heterocycles. The predicted molar refractivity (Wildman–Crippen MR) is 97.7 cm³/mol. The zero-order chi connectivity index (χ0) is 18.1. The highest BCUT2D eigenvalue weighted by molar-refractivity contribution is 5.94. The number of benzene rings is 1. The predicted octanol–water partition coefficient (Wildman–Crippen LogP) is 3.11. The van der Waals surface area contributed by atoms with E-state index in [2.05, 4.69) is 9.88 Å². The van der Waals surface area contributed by atoms with Crippen molar-refractivity contribution in [1.82, 2.24) is 14.9 Å². The first-order valence-corrected chi connectivity index (χ1v) is 9.28. The first-order valence-electron chi connectivity index (χ1n) is 9.28. The summed E-state index contributed by atoms with van der Waals surface area (Å²) in [6.07, 6.45) is 4.26. The largest absolute Gasteiger partial charge is 0.356 e. The number of aryl methyl sites for hydroxylation is 1. The van der Waals surface area contributed by atoms with Crippen molar-refractivity contribution in [3.63, 3.8) is 0 Å². The third-order valence-corrected chi connectivity index (χ3v) is 5.20. The number of fused-ring (bicyclic) bond motifs is 1. The molecular formula is C20H23FN4O. The molecule has 136 valence electrons. The number of nitrogens with zero attached hydrogens (tertiary/aromatic N) is 4. The maximum Gasteiger partial charge on any atom is 0.257 e. The molecule has 0 radical (unpaired) electrons. The van der Waals surface area contributed by atoms with Crippen molar-refractivity contribution in [2.75, 3.05) is 24.5 Å². The average molecular weight is 354 g/mol. The zero-order valence-corrected chi connectivity index (χ0v) is 15.0. The second-order valence-electron chi connectivity index (χ2n) is 7.02. The second kappa shape index (κ2) is 7.02. The third-order valence-electron chi connectivity index (χ3n) is 5.20. The van der Waals surface area contributed by atoms with Crippen LogP contribution in [-0.4, -0.2) is 40.4 Å². The monoisotopic (exact) mass is 354 g/mol. The minimum absolute atomic E-state index is 0.128. The molecule has 1 aromatic carbocycles. The quantitative estimate of drug-likeness (QED) is 0.831. The number of anilines is 1. The number of hydrogen-bond acceptors (Lipinski definition) is 4. The highest BCUT2D eigenvalue weighted by Gasteiger charge is 2.29. The molecule has 1 fully saturated rings. The van der Waals surface area contributed by atoms with Crippen molar-refractivity contribution >= 4 is 11.7 Å². The number of hydrogen-bond donors (Lipinski definition) is 0. The maximum atomic E-state index is 14.0.